The van der Waals surface area contributed by atoms with E-state index in [-0.39, 0.29) is 6.04 Å². The monoisotopic (exact) mass is 310 g/mol. The first-order chi connectivity index (χ1) is 10.7. The Kier molecular flexibility index (Phi) is 4.27. The number of aryl methyl sites for hydroxylation is 1. The van der Waals surface area contributed by atoms with Crippen molar-refractivity contribution in [2.75, 3.05) is 0 Å². The Morgan fingerprint density at radius 2 is 2.09 bits per heavy atom. The molecule has 1 atom stereocenters. The van der Waals surface area contributed by atoms with E-state index >= 15 is 0 Å². The minimum Gasteiger partial charge on any atom is -0.322 e. The van der Waals surface area contributed by atoms with Crippen molar-refractivity contribution in [3.05, 3.63) is 66.6 Å². The molecule has 2 aromatic heterocycles. The van der Waals surface area contributed by atoms with Gasteiger partial charge in [-0.2, -0.15) is 0 Å². The number of hydrogen-bond donors (Lipinski definition) is 1. The molecule has 0 bridgehead atoms. The predicted octanol–water partition coefficient (Wildman–Crippen LogP) is 3.87. The molecular formula is C17H18N4S. The average Bonchev–Trinajstić information content (AvgIpc) is 2.92. The molecule has 0 amide bonds. The molecule has 0 radical (unpaired) electrons. The van der Waals surface area contributed by atoms with E-state index in [0.29, 0.717) is 6.42 Å². The molecule has 2 heterocycles. The number of fused-ring (bicyclic) bond motifs is 1. The highest BCUT2D eigenvalue weighted by Gasteiger charge is 2.10. The summed E-state index contributed by atoms with van der Waals surface area (Å²) in [5.74, 6) is 0. The average molecular weight is 310 g/mol. The minimum atomic E-state index is -0.150. The first kappa shape index (κ1) is 14.8. The standard InChI is InChI=1S/C17H18N4S/c1-3-4-14(18)16-11-19-17-15(20-16)9-10-21(17)22-13-7-5-12(2)6-8-13/h3,5-11,14H,1,4,18H2,2H3. The zero-order chi connectivity index (χ0) is 15.5. The van der Waals surface area contributed by atoms with Gasteiger partial charge in [0.15, 0.2) is 5.65 Å². The van der Waals surface area contributed by atoms with E-state index in [4.69, 9.17) is 5.73 Å². The van der Waals surface area contributed by atoms with Gasteiger partial charge in [0, 0.05) is 11.1 Å². The Hall–Kier alpha value is -2.11. The molecule has 0 aliphatic heterocycles. The molecule has 0 fully saturated rings. The first-order valence-corrected chi connectivity index (χ1v) is 7.90. The maximum atomic E-state index is 6.06. The van der Waals surface area contributed by atoms with Crippen molar-refractivity contribution in [3.63, 3.8) is 0 Å². The van der Waals surface area contributed by atoms with Crippen LogP contribution in [0.2, 0.25) is 0 Å². The highest BCUT2D eigenvalue weighted by Crippen LogP contribution is 2.25. The highest BCUT2D eigenvalue weighted by molar-refractivity contribution is 7.98. The van der Waals surface area contributed by atoms with Crippen LogP contribution in [0.15, 0.2) is 60.3 Å². The summed E-state index contributed by atoms with van der Waals surface area (Å²) < 4.78 is 2.02. The van der Waals surface area contributed by atoms with Crippen LogP contribution in [0.4, 0.5) is 0 Å². The molecule has 0 saturated heterocycles. The molecule has 1 aromatic carbocycles. The number of nitrogens with two attached hydrogens (primary N) is 1. The summed E-state index contributed by atoms with van der Waals surface area (Å²) in [6.07, 6.45) is 6.23. The molecule has 1 unspecified atom stereocenters. The topological polar surface area (TPSA) is 56.7 Å². The maximum Gasteiger partial charge on any atom is 0.169 e. The Bertz CT molecular complexity index is 792. The summed E-state index contributed by atoms with van der Waals surface area (Å²) in [7, 11) is 0. The summed E-state index contributed by atoms with van der Waals surface area (Å²) in [6, 6.07) is 10.2. The van der Waals surface area contributed by atoms with Crippen molar-refractivity contribution in [1.29, 1.82) is 0 Å². The smallest absolute Gasteiger partial charge is 0.169 e. The summed E-state index contributed by atoms with van der Waals surface area (Å²) >= 11 is 1.62. The molecular weight excluding hydrogens is 292 g/mol. The normalized spacial score (nSPS) is 12.5. The fraction of sp³-hybridized carbons (Fsp3) is 0.176. The third kappa shape index (κ3) is 3.05. The zero-order valence-corrected chi connectivity index (χ0v) is 13.3. The quantitative estimate of drug-likeness (QED) is 0.727. The van der Waals surface area contributed by atoms with Crippen LogP contribution in [-0.4, -0.2) is 13.9 Å². The fourth-order valence-corrected chi connectivity index (χ4v) is 3.00. The largest absolute Gasteiger partial charge is 0.322 e. The number of benzene rings is 1. The lowest BCUT2D eigenvalue weighted by atomic mass is 10.1. The van der Waals surface area contributed by atoms with Gasteiger partial charge in [-0.3, -0.25) is 3.97 Å². The van der Waals surface area contributed by atoms with Gasteiger partial charge in [-0.15, -0.1) is 6.58 Å². The SMILES string of the molecule is C=CCC(N)c1cnc2c(ccn2Sc2ccc(C)cc2)n1. The Morgan fingerprint density at radius 1 is 1.32 bits per heavy atom. The molecule has 4 nitrogen and oxygen atoms in total. The lowest BCUT2D eigenvalue weighted by molar-refractivity contribution is 0.713. The second-order valence-electron chi connectivity index (χ2n) is 5.18. The molecule has 3 aromatic rings. The van der Waals surface area contributed by atoms with Crippen LogP contribution in [0, 0.1) is 6.92 Å². The lowest BCUT2D eigenvalue weighted by Gasteiger charge is -2.08. The molecule has 0 aliphatic carbocycles. The number of rotatable bonds is 5. The molecule has 5 heteroatoms. The van der Waals surface area contributed by atoms with Gasteiger partial charge in [-0.25, -0.2) is 9.97 Å². The van der Waals surface area contributed by atoms with Crippen LogP contribution in [-0.2, 0) is 0 Å². The lowest BCUT2D eigenvalue weighted by Crippen LogP contribution is -2.11. The molecule has 0 spiro atoms. The van der Waals surface area contributed by atoms with Gasteiger partial charge < -0.3 is 5.73 Å². The van der Waals surface area contributed by atoms with Crippen LogP contribution in [0.1, 0.15) is 23.7 Å². The Balaban J connectivity index is 1.89. The summed E-state index contributed by atoms with van der Waals surface area (Å²) in [5.41, 5.74) is 9.81. The summed E-state index contributed by atoms with van der Waals surface area (Å²) in [5, 5.41) is 0. The number of aromatic nitrogens is 3. The molecule has 2 N–H and O–H groups in total. The van der Waals surface area contributed by atoms with E-state index < -0.39 is 0 Å². The van der Waals surface area contributed by atoms with Crippen LogP contribution in [0.5, 0.6) is 0 Å². The number of nitrogens with zero attached hydrogens (tertiary/aromatic N) is 3. The van der Waals surface area contributed by atoms with Crippen molar-refractivity contribution in [3.8, 4) is 0 Å². The second kappa shape index (κ2) is 6.34. The van der Waals surface area contributed by atoms with Gasteiger partial charge in [0.1, 0.15) is 5.52 Å². The third-order valence-corrected chi connectivity index (χ3v) is 4.37. The third-order valence-electron chi connectivity index (χ3n) is 3.40. The fourth-order valence-electron chi connectivity index (χ4n) is 2.17. The highest BCUT2D eigenvalue weighted by atomic mass is 32.2. The Morgan fingerprint density at radius 3 is 2.82 bits per heavy atom. The van der Waals surface area contributed by atoms with E-state index in [1.165, 1.54) is 5.56 Å². The van der Waals surface area contributed by atoms with Crippen molar-refractivity contribution in [2.45, 2.75) is 24.3 Å². The number of hydrogen-bond acceptors (Lipinski definition) is 4. The minimum absolute atomic E-state index is 0.150. The molecule has 3 rings (SSSR count). The van der Waals surface area contributed by atoms with Crippen molar-refractivity contribution >= 4 is 23.1 Å². The van der Waals surface area contributed by atoms with Gasteiger partial charge >= 0.3 is 0 Å². The summed E-state index contributed by atoms with van der Waals surface area (Å²) in [4.78, 5) is 10.3. The summed E-state index contributed by atoms with van der Waals surface area (Å²) in [6.45, 7) is 5.79. The second-order valence-corrected chi connectivity index (χ2v) is 6.23. The van der Waals surface area contributed by atoms with Crippen LogP contribution < -0.4 is 5.73 Å². The van der Waals surface area contributed by atoms with Gasteiger partial charge in [-0.05, 0) is 43.5 Å². The van der Waals surface area contributed by atoms with Gasteiger partial charge in [0.05, 0.1) is 17.9 Å². The van der Waals surface area contributed by atoms with Gasteiger partial charge in [-0.1, -0.05) is 23.8 Å². The van der Waals surface area contributed by atoms with Crippen molar-refractivity contribution in [1.82, 2.24) is 13.9 Å². The molecule has 22 heavy (non-hydrogen) atoms. The Labute approximate surface area is 134 Å². The van der Waals surface area contributed by atoms with Gasteiger partial charge in [0.2, 0.25) is 0 Å². The molecule has 112 valence electrons. The van der Waals surface area contributed by atoms with Crippen LogP contribution in [0.3, 0.4) is 0 Å². The van der Waals surface area contributed by atoms with E-state index in [2.05, 4.69) is 47.7 Å². The van der Waals surface area contributed by atoms with Gasteiger partial charge in [0.25, 0.3) is 0 Å². The molecule has 0 aliphatic rings. The van der Waals surface area contributed by atoms with E-state index in [0.717, 1.165) is 21.8 Å². The van der Waals surface area contributed by atoms with Crippen molar-refractivity contribution in [2.24, 2.45) is 5.73 Å². The first-order valence-electron chi connectivity index (χ1n) is 7.13. The van der Waals surface area contributed by atoms with Crippen LogP contribution >= 0.6 is 11.9 Å². The van der Waals surface area contributed by atoms with Crippen molar-refractivity contribution < 1.29 is 0 Å². The van der Waals surface area contributed by atoms with Crippen LogP contribution in [0.25, 0.3) is 11.2 Å². The maximum absolute atomic E-state index is 6.06. The zero-order valence-electron chi connectivity index (χ0n) is 12.4. The van der Waals surface area contributed by atoms with E-state index in [1.54, 1.807) is 24.2 Å². The van der Waals surface area contributed by atoms with E-state index in [1.807, 2.05) is 16.2 Å². The predicted molar refractivity (Wildman–Crippen MR) is 91.7 cm³/mol. The van der Waals surface area contributed by atoms with E-state index in [9.17, 15) is 0 Å². The molecule has 0 saturated carbocycles.